The molecule has 1 aliphatic rings. The second kappa shape index (κ2) is 11.8. The third-order valence-electron chi connectivity index (χ3n) is 6.73. The van der Waals surface area contributed by atoms with Crippen LogP contribution in [0, 0.1) is 5.92 Å². The highest BCUT2D eigenvalue weighted by molar-refractivity contribution is 6.35. The molecule has 2 N–H and O–H groups in total. The molecule has 0 spiro atoms. The van der Waals surface area contributed by atoms with Gasteiger partial charge in [0.1, 0.15) is 0 Å². The number of aromatic nitrogens is 5. The Balaban J connectivity index is 1.34. The summed E-state index contributed by atoms with van der Waals surface area (Å²) in [6, 6.07) is 7.84. The predicted octanol–water partition coefficient (Wildman–Crippen LogP) is 5.53. The highest BCUT2D eigenvalue weighted by Crippen LogP contribution is 2.39. The number of nitrogens with zero attached hydrogens (tertiary/aromatic N) is 6. The van der Waals surface area contributed by atoms with Gasteiger partial charge in [-0.2, -0.15) is 23.3 Å². The number of hydrogen-bond acceptors (Lipinski definition) is 8. The number of piperidine rings is 1. The molecule has 0 aliphatic carbocycles. The van der Waals surface area contributed by atoms with Crippen LogP contribution in [0.3, 0.4) is 0 Å². The zero-order valence-electron chi connectivity index (χ0n) is 21.2. The van der Waals surface area contributed by atoms with Gasteiger partial charge in [0.05, 0.1) is 27.9 Å². The van der Waals surface area contributed by atoms with E-state index in [2.05, 4.69) is 20.2 Å². The number of aliphatic hydroxyl groups is 1. The largest absolute Gasteiger partial charge is 0.481 e. The average Bonchev–Trinajstić information content (AvgIpc) is 3.56. The van der Waals surface area contributed by atoms with Gasteiger partial charge in [-0.25, -0.2) is 9.67 Å². The van der Waals surface area contributed by atoms with Crippen LogP contribution >= 0.6 is 23.2 Å². The van der Waals surface area contributed by atoms with Crippen LogP contribution < -0.4 is 0 Å². The number of carbonyl (C=O) groups is 1. The number of alkyl halides is 3. The molecule has 0 amide bonds. The second-order valence-corrected chi connectivity index (χ2v) is 10.5. The molecule has 5 rings (SSSR count). The minimum absolute atomic E-state index is 0.0390. The minimum Gasteiger partial charge on any atom is -0.481 e. The van der Waals surface area contributed by atoms with Crippen molar-refractivity contribution in [1.82, 2.24) is 29.8 Å². The number of benzene rings is 1. The quantitative estimate of drug-likeness (QED) is 0.264. The molecular weight excluding hydrogens is 588 g/mol. The van der Waals surface area contributed by atoms with Gasteiger partial charge in [0.25, 0.3) is 5.89 Å². The smallest absolute Gasteiger partial charge is 0.434 e. The highest BCUT2D eigenvalue weighted by atomic mass is 35.5. The summed E-state index contributed by atoms with van der Waals surface area (Å²) < 4.78 is 48.1. The lowest BCUT2D eigenvalue weighted by molar-refractivity contribution is -0.142. The monoisotopic (exact) mass is 610 g/mol. The fraction of sp³-hybridized carbons (Fsp3) is 0.346. The lowest BCUT2D eigenvalue weighted by Gasteiger charge is -2.33. The van der Waals surface area contributed by atoms with Gasteiger partial charge in [-0.1, -0.05) is 52.6 Å². The van der Waals surface area contributed by atoms with E-state index < -0.39 is 35.4 Å². The van der Waals surface area contributed by atoms with Crippen molar-refractivity contribution in [2.24, 2.45) is 5.92 Å². The molecule has 0 bridgehead atoms. The average molecular weight is 611 g/mol. The second-order valence-electron chi connectivity index (χ2n) is 9.70. The maximum Gasteiger partial charge on any atom is 0.434 e. The topological polar surface area (TPSA) is 130 Å². The van der Waals surface area contributed by atoms with Crippen molar-refractivity contribution in [3.63, 3.8) is 0 Å². The molecule has 15 heteroatoms. The first-order valence-electron chi connectivity index (χ1n) is 12.5. The number of aliphatic hydroxyl groups excluding tert-OH is 1. The number of hydrogen-bond donors (Lipinski definition) is 2. The van der Waals surface area contributed by atoms with Crippen LogP contribution in [0.4, 0.5) is 13.2 Å². The van der Waals surface area contributed by atoms with E-state index in [1.807, 2.05) is 4.90 Å². The molecule has 41 heavy (non-hydrogen) atoms. The number of rotatable bonds is 8. The first kappa shape index (κ1) is 29.0. The van der Waals surface area contributed by atoms with Crippen LogP contribution in [0.5, 0.6) is 0 Å². The van der Waals surface area contributed by atoms with Crippen LogP contribution in [-0.4, -0.2) is 65.6 Å². The van der Waals surface area contributed by atoms with E-state index in [0.717, 1.165) is 31.8 Å². The van der Waals surface area contributed by atoms with E-state index >= 15 is 0 Å². The number of pyridine rings is 1. The van der Waals surface area contributed by atoms with Crippen molar-refractivity contribution in [2.75, 3.05) is 19.6 Å². The van der Waals surface area contributed by atoms with Crippen molar-refractivity contribution >= 4 is 29.2 Å². The first-order valence-corrected chi connectivity index (χ1v) is 13.3. The molecule has 2 unspecified atom stereocenters. The standard InChI is InChI=1S/C26H23Cl2F3N6O4/c27-17-9-19(28)24(32-10-17)37-22(26(29,30)31)18(11-33-37)25-34-23(35-41-25)16-5-3-15(4-6-16)20(38)13-36-7-1-2-14(12-36)8-21(39)40/h3-6,9-11,14,20,38H,1-2,7-8,12-13H2,(H,39,40). The highest BCUT2D eigenvalue weighted by Gasteiger charge is 2.41. The maximum atomic E-state index is 14.1. The third kappa shape index (κ3) is 6.53. The van der Waals surface area contributed by atoms with Crippen LogP contribution in [0.2, 0.25) is 10.0 Å². The van der Waals surface area contributed by atoms with Gasteiger partial charge in [0, 0.05) is 31.3 Å². The van der Waals surface area contributed by atoms with Gasteiger partial charge in [-0.3, -0.25) is 4.79 Å². The Hall–Kier alpha value is -3.52. The van der Waals surface area contributed by atoms with E-state index in [1.165, 1.54) is 6.07 Å². The van der Waals surface area contributed by atoms with Crippen molar-refractivity contribution in [3.05, 3.63) is 64.0 Å². The Kier molecular flexibility index (Phi) is 8.32. The minimum atomic E-state index is -4.87. The lowest BCUT2D eigenvalue weighted by atomic mass is 9.94. The molecule has 4 aromatic rings. The molecule has 1 aliphatic heterocycles. The number of carboxylic acids is 1. The molecule has 0 saturated carbocycles. The summed E-state index contributed by atoms with van der Waals surface area (Å²) in [5.74, 6) is -1.42. The van der Waals surface area contributed by atoms with E-state index in [9.17, 15) is 23.1 Å². The van der Waals surface area contributed by atoms with Crippen LogP contribution in [0.15, 0.2) is 47.2 Å². The lowest BCUT2D eigenvalue weighted by Crippen LogP contribution is -2.38. The molecule has 10 nitrogen and oxygen atoms in total. The van der Waals surface area contributed by atoms with Gasteiger partial charge in [0.15, 0.2) is 11.5 Å². The van der Waals surface area contributed by atoms with Crippen molar-refractivity contribution in [3.8, 4) is 28.7 Å². The Morgan fingerprint density at radius 1 is 1.20 bits per heavy atom. The fourth-order valence-corrected chi connectivity index (χ4v) is 5.35. The number of carboxylic acid groups (broad SMARTS) is 1. The van der Waals surface area contributed by atoms with Gasteiger partial charge in [-0.15, -0.1) is 0 Å². The van der Waals surface area contributed by atoms with E-state index in [-0.39, 0.29) is 34.0 Å². The first-order chi connectivity index (χ1) is 19.5. The number of aliphatic carboxylic acids is 1. The molecule has 3 aromatic heterocycles. The summed E-state index contributed by atoms with van der Waals surface area (Å²) in [4.78, 5) is 21.1. The zero-order valence-corrected chi connectivity index (χ0v) is 22.7. The fourth-order valence-electron chi connectivity index (χ4n) is 4.89. The van der Waals surface area contributed by atoms with E-state index in [4.69, 9.17) is 32.8 Å². The van der Waals surface area contributed by atoms with Crippen LogP contribution in [0.1, 0.15) is 36.6 Å². The normalized spacial score (nSPS) is 17.1. The third-order valence-corrected chi connectivity index (χ3v) is 7.22. The molecule has 2 atom stereocenters. The van der Waals surface area contributed by atoms with Gasteiger partial charge >= 0.3 is 12.1 Å². The summed E-state index contributed by atoms with van der Waals surface area (Å²) in [6.45, 7) is 1.72. The molecule has 1 fully saturated rings. The predicted molar refractivity (Wildman–Crippen MR) is 141 cm³/mol. The van der Waals surface area contributed by atoms with Crippen molar-refractivity contribution < 1.29 is 32.7 Å². The van der Waals surface area contributed by atoms with Crippen LogP contribution in [0.25, 0.3) is 28.7 Å². The number of likely N-dealkylation sites (tertiary alicyclic amines) is 1. The van der Waals surface area contributed by atoms with Crippen LogP contribution in [-0.2, 0) is 11.0 Å². The Bertz CT molecular complexity index is 1540. The van der Waals surface area contributed by atoms with E-state index in [1.54, 1.807) is 24.3 Å². The summed E-state index contributed by atoms with van der Waals surface area (Å²) in [7, 11) is 0. The summed E-state index contributed by atoms with van der Waals surface area (Å²) in [6.07, 6.45) is -1.79. The molecule has 216 valence electrons. The Labute approximate surface area is 241 Å². The summed E-state index contributed by atoms with van der Waals surface area (Å²) >= 11 is 11.9. The molecule has 4 heterocycles. The van der Waals surface area contributed by atoms with E-state index in [0.29, 0.717) is 28.9 Å². The molecule has 0 radical (unpaired) electrons. The number of halogens is 5. The van der Waals surface area contributed by atoms with Gasteiger partial charge < -0.3 is 19.6 Å². The van der Waals surface area contributed by atoms with Crippen molar-refractivity contribution in [2.45, 2.75) is 31.5 Å². The SMILES string of the molecule is O=C(O)CC1CCCN(CC(O)c2ccc(-c3noc(-c4cnn(-c5ncc(Cl)cc5Cl)c4C(F)(F)F)n3)cc2)C1. The summed E-state index contributed by atoms with van der Waals surface area (Å²) in [5.41, 5.74) is -0.588. The van der Waals surface area contributed by atoms with Gasteiger partial charge in [0.2, 0.25) is 5.82 Å². The maximum absolute atomic E-state index is 14.1. The molecular formula is C26H23Cl2F3N6O4. The zero-order chi connectivity index (χ0) is 29.3. The molecule has 1 aromatic carbocycles. The summed E-state index contributed by atoms with van der Waals surface area (Å²) in [5, 5.41) is 27.5. The van der Waals surface area contributed by atoms with Crippen molar-refractivity contribution in [1.29, 1.82) is 0 Å². The molecule has 1 saturated heterocycles. The van der Waals surface area contributed by atoms with Gasteiger partial charge in [-0.05, 0) is 36.9 Å². The number of β-amino-alcohol motifs (C(OH)–C–C–N with tert-alkyl or cyclic N) is 1. The Morgan fingerprint density at radius 3 is 2.63 bits per heavy atom. The Morgan fingerprint density at radius 2 is 1.95 bits per heavy atom.